The van der Waals surface area contributed by atoms with Crippen molar-refractivity contribution in [3.8, 4) is 0 Å². The van der Waals surface area contributed by atoms with E-state index in [1.54, 1.807) is 17.8 Å². The van der Waals surface area contributed by atoms with Crippen LogP contribution in [-0.4, -0.2) is 18.8 Å². The number of benzene rings is 2. The van der Waals surface area contributed by atoms with Crippen LogP contribution < -0.4 is 5.32 Å². The van der Waals surface area contributed by atoms with E-state index in [0.29, 0.717) is 4.47 Å². The average Bonchev–Trinajstić information content (AvgIpc) is 2.49. The summed E-state index contributed by atoms with van der Waals surface area (Å²) in [6.45, 7) is 0. The lowest BCUT2D eigenvalue weighted by molar-refractivity contribution is 0.597. The highest BCUT2D eigenvalue weighted by molar-refractivity contribution is 9.10. The molecule has 1 unspecified atom stereocenters. The molecule has 0 radical (unpaired) electrons. The first kappa shape index (κ1) is 17.0. The molecule has 0 aliphatic carbocycles. The smallest absolute Gasteiger partial charge is 0.137 e. The molecule has 0 saturated heterocycles. The molecule has 0 fully saturated rings. The van der Waals surface area contributed by atoms with Gasteiger partial charge in [-0.05, 0) is 65.3 Å². The van der Waals surface area contributed by atoms with Gasteiger partial charge in [0.2, 0.25) is 0 Å². The summed E-state index contributed by atoms with van der Waals surface area (Å²) in [7, 11) is 1.94. The zero-order chi connectivity index (χ0) is 15.2. The number of hydrogen-bond donors (Lipinski definition) is 1. The second-order valence-electron chi connectivity index (χ2n) is 4.67. The van der Waals surface area contributed by atoms with Gasteiger partial charge < -0.3 is 5.32 Å². The minimum absolute atomic E-state index is 0.206. The van der Waals surface area contributed by atoms with Crippen LogP contribution in [0.1, 0.15) is 5.56 Å². The molecule has 0 aliphatic heterocycles. The number of rotatable bonds is 6. The summed E-state index contributed by atoms with van der Waals surface area (Å²) in [5, 5.41) is 3.31. The Labute approximate surface area is 146 Å². The van der Waals surface area contributed by atoms with Crippen molar-refractivity contribution in [2.24, 2.45) is 0 Å². The van der Waals surface area contributed by atoms with Gasteiger partial charge in [-0.3, -0.25) is 0 Å². The fourth-order valence-corrected chi connectivity index (χ4v) is 3.64. The molecule has 2 aromatic rings. The van der Waals surface area contributed by atoms with Gasteiger partial charge in [0.15, 0.2) is 0 Å². The predicted molar refractivity (Wildman–Crippen MR) is 95.5 cm³/mol. The molecule has 1 atom stereocenters. The maximum atomic E-state index is 13.5. The van der Waals surface area contributed by atoms with Crippen LogP contribution in [0.2, 0.25) is 0 Å². The molecule has 112 valence electrons. The summed E-state index contributed by atoms with van der Waals surface area (Å²) < 4.78 is 15.2. The summed E-state index contributed by atoms with van der Waals surface area (Å²) in [6, 6.07) is 13.8. The Hall–Kier alpha value is -0.360. The first-order valence-electron chi connectivity index (χ1n) is 6.58. The van der Waals surface area contributed by atoms with Crippen LogP contribution in [0.5, 0.6) is 0 Å². The highest BCUT2D eigenvalue weighted by Crippen LogP contribution is 2.25. The predicted octanol–water partition coefficient (Wildman–Crippen LogP) is 5.27. The van der Waals surface area contributed by atoms with Gasteiger partial charge in [0.25, 0.3) is 0 Å². The lowest BCUT2D eigenvalue weighted by atomic mass is 10.1. The van der Waals surface area contributed by atoms with Gasteiger partial charge in [0.1, 0.15) is 5.82 Å². The summed E-state index contributed by atoms with van der Waals surface area (Å²) in [4.78, 5) is 1.23. The van der Waals surface area contributed by atoms with Crippen LogP contribution in [0.25, 0.3) is 0 Å². The Morgan fingerprint density at radius 2 is 1.86 bits per heavy atom. The molecule has 0 aliphatic rings. The number of likely N-dealkylation sites (N-methyl/N-ethyl adjacent to an activating group) is 1. The van der Waals surface area contributed by atoms with Gasteiger partial charge in [-0.1, -0.05) is 28.1 Å². The molecule has 0 aromatic heterocycles. The van der Waals surface area contributed by atoms with Crippen molar-refractivity contribution in [2.75, 3.05) is 12.8 Å². The lowest BCUT2D eigenvalue weighted by Gasteiger charge is -2.17. The van der Waals surface area contributed by atoms with Crippen LogP contribution in [0.15, 0.2) is 56.3 Å². The van der Waals surface area contributed by atoms with Gasteiger partial charge in [-0.2, -0.15) is 0 Å². The van der Waals surface area contributed by atoms with Crippen molar-refractivity contribution in [1.82, 2.24) is 5.32 Å². The van der Waals surface area contributed by atoms with E-state index in [1.165, 1.54) is 11.0 Å². The van der Waals surface area contributed by atoms with E-state index in [-0.39, 0.29) is 11.9 Å². The van der Waals surface area contributed by atoms with Crippen LogP contribution in [0, 0.1) is 5.82 Å². The summed E-state index contributed by atoms with van der Waals surface area (Å²) >= 11 is 8.56. The SMILES string of the molecule is CNC(CSc1ccc(Br)cc1)Cc1cccc(F)c1Br. The summed E-state index contributed by atoms with van der Waals surface area (Å²) in [6.07, 6.45) is 0.790. The molecule has 0 heterocycles. The van der Waals surface area contributed by atoms with E-state index in [9.17, 15) is 4.39 Å². The quantitative estimate of drug-likeness (QED) is 0.623. The van der Waals surface area contributed by atoms with E-state index >= 15 is 0 Å². The maximum Gasteiger partial charge on any atom is 0.137 e. The van der Waals surface area contributed by atoms with Gasteiger partial charge in [0.05, 0.1) is 4.47 Å². The van der Waals surface area contributed by atoms with Crippen LogP contribution >= 0.6 is 43.6 Å². The summed E-state index contributed by atoms with van der Waals surface area (Å²) in [5.74, 6) is 0.726. The number of nitrogens with one attached hydrogen (secondary N) is 1. The number of halogens is 3. The van der Waals surface area contributed by atoms with E-state index in [1.807, 2.05) is 25.2 Å². The normalized spacial score (nSPS) is 12.4. The maximum absolute atomic E-state index is 13.5. The second-order valence-corrected chi connectivity index (χ2v) is 7.47. The fourth-order valence-electron chi connectivity index (χ4n) is 1.94. The van der Waals surface area contributed by atoms with Crippen molar-refractivity contribution in [3.63, 3.8) is 0 Å². The third-order valence-electron chi connectivity index (χ3n) is 3.17. The minimum Gasteiger partial charge on any atom is -0.316 e. The zero-order valence-electron chi connectivity index (χ0n) is 11.6. The molecule has 2 rings (SSSR count). The summed E-state index contributed by atoms with van der Waals surface area (Å²) in [5.41, 5.74) is 0.991. The monoisotopic (exact) mass is 431 g/mol. The zero-order valence-corrected chi connectivity index (χ0v) is 15.6. The molecule has 5 heteroatoms. The first-order valence-corrected chi connectivity index (χ1v) is 9.16. The number of hydrogen-bond acceptors (Lipinski definition) is 2. The first-order chi connectivity index (χ1) is 10.1. The Bertz CT molecular complexity index is 589. The van der Waals surface area contributed by atoms with Crippen molar-refractivity contribution in [1.29, 1.82) is 0 Å². The topological polar surface area (TPSA) is 12.0 Å². The van der Waals surface area contributed by atoms with Crippen LogP contribution in [-0.2, 0) is 6.42 Å². The van der Waals surface area contributed by atoms with Crippen molar-refractivity contribution >= 4 is 43.6 Å². The van der Waals surface area contributed by atoms with Gasteiger partial charge in [0, 0.05) is 21.2 Å². The molecule has 0 bridgehead atoms. The van der Waals surface area contributed by atoms with Crippen LogP contribution in [0.4, 0.5) is 4.39 Å². The van der Waals surface area contributed by atoms with E-state index in [4.69, 9.17) is 0 Å². The molecular formula is C16H16Br2FNS. The molecule has 0 spiro atoms. The van der Waals surface area contributed by atoms with E-state index in [0.717, 1.165) is 22.2 Å². The fraction of sp³-hybridized carbons (Fsp3) is 0.250. The van der Waals surface area contributed by atoms with Gasteiger partial charge >= 0.3 is 0 Å². The standard InChI is InChI=1S/C16H16Br2FNS/c1-20-13(9-11-3-2-4-15(19)16(11)18)10-21-14-7-5-12(17)6-8-14/h2-8,13,20H,9-10H2,1H3. The van der Waals surface area contributed by atoms with E-state index in [2.05, 4.69) is 49.3 Å². The molecule has 0 saturated carbocycles. The van der Waals surface area contributed by atoms with Crippen molar-refractivity contribution in [2.45, 2.75) is 17.4 Å². The third-order valence-corrected chi connectivity index (χ3v) is 5.76. The third kappa shape index (κ3) is 5.09. The molecule has 2 aromatic carbocycles. The Morgan fingerprint density at radius 1 is 1.14 bits per heavy atom. The molecule has 21 heavy (non-hydrogen) atoms. The van der Waals surface area contributed by atoms with Crippen molar-refractivity contribution < 1.29 is 4.39 Å². The second kappa shape index (κ2) is 8.32. The highest BCUT2D eigenvalue weighted by Gasteiger charge is 2.12. The van der Waals surface area contributed by atoms with Gasteiger partial charge in [-0.15, -0.1) is 11.8 Å². The van der Waals surface area contributed by atoms with Crippen molar-refractivity contribution in [3.05, 3.63) is 62.8 Å². The number of thioether (sulfide) groups is 1. The Kier molecular flexibility index (Phi) is 6.74. The highest BCUT2D eigenvalue weighted by atomic mass is 79.9. The lowest BCUT2D eigenvalue weighted by Crippen LogP contribution is -2.30. The average molecular weight is 433 g/mol. The molecular weight excluding hydrogens is 417 g/mol. The minimum atomic E-state index is -0.206. The molecule has 1 nitrogen and oxygen atoms in total. The van der Waals surface area contributed by atoms with Gasteiger partial charge in [-0.25, -0.2) is 4.39 Å². The largest absolute Gasteiger partial charge is 0.316 e. The molecule has 1 N–H and O–H groups in total. The van der Waals surface area contributed by atoms with E-state index < -0.39 is 0 Å². The van der Waals surface area contributed by atoms with Crippen LogP contribution in [0.3, 0.4) is 0 Å². The molecule has 0 amide bonds. The Balaban J connectivity index is 1.97. The Morgan fingerprint density at radius 3 is 2.52 bits per heavy atom.